The van der Waals surface area contributed by atoms with E-state index in [1.807, 2.05) is 6.07 Å². The fourth-order valence-corrected chi connectivity index (χ4v) is 2.11. The van der Waals surface area contributed by atoms with Crippen molar-refractivity contribution in [1.29, 1.82) is 0 Å². The zero-order valence-electron chi connectivity index (χ0n) is 10.1. The van der Waals surface area contributed by atoms with Crippen molar-refractivity contribution in [3.05, 3.63) is 23.7 Å². The number of nitrogens with two attached hydrogens (primary N) is 1. The molecule has 0 aliphatic heterocycles. The molecule has 1 saturated carbocycles. The first-order valence-corrected chi connectivity index (χ1v) is 6.31. The molecule has 0 atom stereocenters. The molecule has 0 bridgehead atoms. The van der Waals surface area contributed by atoms with Gasteiger partial charge in [-0.1, -0.05) is 6.92 Å². The van der Waals surface area contributed by atoms with E-state index in [1.54, 1.807) is 6.26 Å². The molecule has 1 aliphatic rings. The van der Waals surface area contributed by atoms with Gasteiger partial charge in [-0.15, -0.1) is 0 Å². The van der Waals surface area contributed by atoms with Crippen LogP contribution in [0.15, 0.2) is 16.7 Å². The Hall–Kier alpha value is -0.800. The van der Waals surface area contributed by atoms with Crippen LogP contribution < -0.4 is 5.73 Å². The smallest absolute Gasteiger partial charge is 0.122 e. The van der Waals surface area contributed by atoms with E-state index in [0.29, 0.717) is 6.54 Å². The van der Waals surface area contributed by atoms with E-state index in [9.17, 15) is 0 Å². The summed E-state index contributed by atoms with van der Waals surface area (Å²) in [6, 6.07) is 1.98. The molecule has 2 N–H and O–H groups in total. The standard InChI is InChI=1S/C13H22N2O/c1-2-6-15(9-11-3-4-11)10-13-12(8-14)5-7-16-13/h5,7,11H,2-4,6,8-10,14H2,1H3. The number of furan rings is 1. The second-order valence-corrected chi connectivity index (χ2v) is 4.75. The minimum absolute atomic E-state index is 0.579. The lowest BCUT2D eigenvalue weighted by molar-refractivity contribution is 0.233. The lowest BCUT2D eigenvalue weighted by Crippen LogP contribution is -2.26. The molecule has 0 unspecified atom stereocenters. The highest BCUT2D eigenvalue weighted by Crippen LogP contribution is 2.30. The van der Waals surface area contributed by atoms with Gasteiger partial charge in [-0.25, -0.2) is 0 Å². The van der Waals surface area contributed by atoms with Crippen molar-refractivity contribution in [3.8, 4) is 0 Å². The molecule has 0 radical (unpaired) electrons. The maximum Gasteiger partial charge on any atom is 0.122 e. The predicted molar refractivity (Wildman–Crippen MR) is 64.9 cm³/mol. The fourth-order valence-electron chi connectivity index (χ4n) is 2.11. The van der Waals surface area contributed by atoms with E-state index in [2.05, 4.69) is 11.8 Å². The lowest BCUT2D eigenvalue weighted by Gasteiger charge is -2.20. The molecular formula is C13H22N2O. The molecule has 90 valence electrons. The minimum Gasteiger partial charge on any atom is -0.468 e. The number of hydrogen-bond acceptors (Lipinski definition) is 3. The van der Waals surface area contributed by atoms with Crippen LogP contribution in [-0.2, 0) is 13.1 Å². The van der Waals surface area contributed by atoms with Gasteiger partial charge in [0, 0.05) is 18.7 Å². The highest BCUT2D eigenvalue weighted by molar-refractivity contribution is 5.16. The van der Waals surface area contributed by atoms with E-state index < -0.39 is 0 Å². The monoisotopic (exact) mass is 222 g/mol. The van der Waals surface area contributed by atoms with Gasteiger partial charge >= 0.3 is 0 Å². The Balaban J connectivity index is 1.92. The van der Waals surface area contributed by atoms with Crippen LogP contribution in [0.4, 0.5) is 0 Å². The SMILES string of the molecule is CCCN(Cc1occc1CN)CC1CC1. The van der Waals surface area contributed by atoms with Gasteiger partial charge in [0.25, 0.3) is 0 Å². The summed E-state index contributed by atoms with van der Waals surface area (Å²) in [6.07, 6.45) is 5.76. The van der Waals surface area contributed by atoms with Crippen LogP contribution in [-0.4, -0.2) is 18.0 Å². The Morgan fingerprint density at radius 2 is 2.31 bits per heavy atom. The third-order valence-corrected chi connectivity index (χ3v) is 3.18. The Bertz CT molecular complexity index is 317. The number of nitrogens with zero attached hydrogens (tertiary/aromatic N) is 1. The van der Waals surface area contributed by atoms with Gasteiger partial charge in [0.1, 0.15) is 5.76 Å². The molecular weight excluding hydrogens is 200 g/mol. The summed E-state index contributed by atoms with van der Waals surface area (Å²) in [6.45, 7) is 6.10. The van der Waals surface area contributed by atoms with Crippen molar-refractivity contribution in [3.63, 3.8) is 0 Å². The van der Waals surface area contributed by atoms with Crippen molar-refractivity contribution in [1.82, 2.24) is 4.90 Å². The number of hydrogen-bond donors (Lipinski definition) is 1. The van der Waals surface area contributed by atoms with Gasteiger partial charge in [-0.2, -0.15) is 0 Å². The molecule has 16 heavy (non-hydrogen) atoms. The maximum atomic E-state index is 5.68. The summed E-state index contributed by atoms with van der Waals surface area (Å²) in [5.41, 5.74) is 6.83. The number of rotatable bonds is 7. The molecule has 3 nitrogen and oxygen atoms in total. The summed E-state index contributed by atoms with van der Waals surface area (Å²) >= 11 is 0. The van der Waals surface area contributed by atoms with Crippen LogP contribution >= 0.6 is 0 Å². The van der Waals surface area contributed by atoms with Gasteiger partial charge < -0.3 is 10.2 Å². The zero-order valence-corrected chi connectivity index (χ0v) is 10.1. The summed E-state index contributed by atoms with van der Waals surface area (Å²) in [4.78, 5) is 2.50. The second-order valence-electron chi connectivity index (χ2n) is 4.75. The molecule has 1 fully saturated rings. The first-order valence-electron chi connectivity index (χ1n) is 6.31. The van der Waals surface area contributed by atoms with Gasteiger partial charge in [0.15, 0.2) is 0 Å². The topological polar surface area (TPSA) is 42.4 Å². The summed E-state index contributed by atoms with van der Waals surface area (Å²) < 4.78 is 5.51. The Morgan fingerprint density at radius 1 is 1.50 bits per heavy atom. The molecule has 0 spiro atoms. The third-order valence-electron chi connectivity index (χ3n) is 3.18. The van der Waals surface area contributed by atoms with Gasteiger partial charge in [-0.05, 0) is 37.8 Å². The maximum absolute atomic E-state index is 5.68. The third kappa shape index (κ3) is 3.09. The van der Waals surface area contributed by atoms with Crippen LogP contribution in [0, 0.1) is 5.92 Å². The molecule has 0 aromatic carbocycles. The molecule has 1 aromatic heterocycles. The zero-order chi connectivity index (χ0) is 11.4. The predicted octanol–water partition coefficient (Wildman–Crippen LogP) is 2.36. The molecule has 1 aliphatic carbocycles. The molecule has 1 heterocycles. The van der Waals surface area contributed by atoms with Crippen LogP contribution in [0.2, 0.25) is 0 Å². The first kappa shape index (κ1) is 11.7. The summed E-state index contributed by atoms with van der Waals surface area (Å²) in [5.74, 6) is 1.99. The van der Waals surface area contributed by atoms with Crippen molar-refractivity contribution >= 4 is 0 Å². The molecule has 3 heteroatoms. The molecule has 0 saturated heterocycles. The van der Waals surface area contributed by atoms with Gasteiger partial charge in [0.2, 0.25) is 0 Å². The largest absolute Gasteiger partial charge is 0.468 e. The van der Waals surface area contributed by atoms with Crippen molar-refractivity contribution in [2.24, 2.45) is 11.7 Å². The Kier molecular flexibility index (Phi) is 4.02. The molecule has 2 rings (SSSR count). The molecule has 1 aromatic rings. The summed E-state index contributed by atoms with van der Waals surface area (Å²) in [5, 5.41) is 0. The van der Waals surface area contributed by atoms with Crippen LogP contribution in [0.3, 0.4) is 0 Å². The van der Waals surface area contributed by atoms with E-state index in [-0.39, 0.29) is 0 Å². The highest BCUT2D eigenvalue weighted by atomic mass is 16.3. The van der Waals surface area contributed by atoms with E-state index in [0.717, 1.165) is 30.3 Å². The summed E-state index contributed by atoms with van der Waals surface area (Å²) in [7, 11) is 0. The second kappa shape index (κ2) is 5.51. The van der Waals surface area contributed by atoms with Crippen molar-refractivity contribution in [2.75, 3.05) is 13.1 Å². The van der Waals surface area contributed by atoms with Crippen LogP contribution in [0.25, 0.3) is 0 Å². The average molecular weight is 222 g/mol. The van der Waals surface area contributed by atoms with Crippen LogP contribution in [0.5, 0.6) is 0 Å². The fraction of sp³-hybridized carbons (Fsp3) is 0.692. The van der Waals surface area contributed by atoms with Gasteiger partial charge in [-0.3, -0.25) is 4.90 Å². The minimum atomic E-state index is 0.579. The average Bonchev–Trinajstić information content (AvgIpc) is 2.96. The van der Waals surface area contributed by atoms with Crippen molar-refractivity contribution in [2.45, 2.75) is 39.3 Å². The van der Waals surface area contributed by atoms with E-state index in [1.165, 1.54) is 25.8 Å². The normalized spacial score (nSPS) is 15.9. The van der Waals surface area contributed by atoms with E-state index >= 15 is 0 Å². The highest BCUT2D eigenvalue weighted by Gasteiger charge is 2.24. The lowest BCUT2D eigenvalue weighted by atomic mass is 10.2. The van der Waals surface area contributed by atoms with Crippen LogP contribution in [0.1, 0.15) is 37.5 Å². The molecule has 0 amide bonds. The first-order chi connectivity index (χ1) is 7.83. The van der Waals surface area contributed by atoms with Crippen molar-refractivity contribution < 1.29 is 4.42 Å². The Labute approximate surface area is 97.6 Å². The Morgan fingerprint density at radius 3 is 2.94 bits per heavy atom. The van der Waals surface area contributed by atoms with Gasteiger partial charge in [0.05, 0.1) is 12.8 Å². The quantitative estimate of drug-likeness (QED) is 0.770. The van der Waals surface area contributed by atoms with E-state index in [4.69, 9.17) is 10.2 Å².